The average Bonchev–Trinajstić information content (AvgIpc) is 2.65. The van der Waals surface area contributed by atoms with Gasteiger partial charge in [0.05, 0.1) is 6.42 Å². The van der Waals surface area contributed by atoms with E-state index in [-0.39, 0.29) is 5.56 Å². The third kappa shape index (κ3) is 6.35. The Morgan fingerprint density at radius 2 is 1.37 bits per heavy atom. The van der Waals surface area contributed by atoms with E-state index in [1.165, 1.54) is 43.4 Å². The largest absolute Gasteiger partial charge is 0.450 e. The fourth-order valence-corrected chi connectivity index (χ4v) is 2.82. The molecular formula is C22H23F3O2. The fraction of sp³-hybridized carbons (Fsp3) is 0.364. The van der Waals surface area contributed by atoms with Crippen molar-refractivity contribution < 1.29 is 22.8 Å². The second-order valence-electron chi connectivity index (χ2n) is 6.61. The molecule has 0 saturated heterocycles. The Labute approximate surface area is 157 Å². The molecule has 2 rings (SSSR count). The molecule has 27 heavy (non-hydrogen) atoms. The zero-order valence-corrected chi connectivity index (χ0v) is 15.3. The lowest BCUT2D eigenvalue weighted by Gasteiger charge is -2.07. The highest BCUT2D eigenvalue weighted by Gasteiger charge is 2.39. The van der Waals surface area contributed by atoms with E-state index in [1.807, 2.05) is 12.1 Å². The molecule has 0 saturated carbocycles. The third-order valence-corrected chi connectivity index (χ3v) is 4.45. The Morgan fingerprint density at radius 3 is 1.89 bits per heavy atom. The fourth-order valence-electron chi connectivity index (χ4n) is 2.82. The van der Waals surface area contributed by atoms with Crippen molar-refractivity contribution >= 4 is 11.6 Å². The van der Waals surface area contributed by atoms with E-state index in [0.29, 0.717) is 0 Å². The predicted octanol–water partition coefficient (Wildman–Crippen LogP) is 6.18. The van der Waals surface area contributed by atoms with Crippen LogP contribution in [0.15, 0.2) is 48.5 Å². The average molecular weight is 376 g/mol. The van der Waals surface area contributed by atoms with Gasteiger partial charge in [0.25, 0.3) is 0 Å². The van der Waals surface area contributed by atoms with Gasteiger partial charge in [-0.05, 0) is 29.5 Å². The number of unbranched alkanes of at least 4 members (excludes halogenated alkanes) is 3. The number of rotatable bonds is 9. The molecular weight excluding hydrogens is 353 g/mol. The number of Topliss-reactive ketones (excluding diaryl/α,β-unsaturated/α-hetero) is 2. The lowest BCUT2D eigenvalue weighted by atomic mass is 9.98. The van der Waals surface area contributed by atoms with Crippen molar-refractivity contribution in [1.29, 1.82) is 0 Å². The Balaban J connectivity index is 1.98. The van der Waals surface area contributed by atoms with Gasteiger partial charge in [-0.25, -0.2) is 0 Å². The summed E-state index contributed by atoms with van der Waals surface area (Å²) in [5.74, 6) is -2.85. The molecule has 0 amide bonds. The molecule has 2 aromatic rings. The van der Waals surface area contributed by atoms with Crippen molar-refractivity contribution in [2.24, 2.45) is 0 Å². The summed E-state index contributed by atoms with van der Waals surface area (Å²) >= 11 is 0. The van der Waals surface area contributed by atoms with Gasteiger partial charge in [-0.1, -0.05) is 74.7 Å². The van der Waals surface area contributed by atoms with E-state index >= 15 is 0 Å². The minimum atomic E-state index is -4.98. The molecule has 2 aromatic carbocycles. The zero-order valence-electron chi connectivity index (χ0n) is 15.3. The van der Waals surface area contributed by atoms with Gasteiger partial charge in [0.2, 0.25) is 5.78 Å². The van der Waals surface area contributed by atoms with Crippen molar-refractivity contribution in [2.75, 3.05) is 0 Å². The van der Waals surface area contributed by atoms with Gasteiger partial charge in [-0.2, -0.15) is 13.2 Å². The molecule has 0 N–H and O–H groups in total. The molecule has 5 heteroatoms. The smallest absolute Gasteiger partial charge is 0.294 e. The molecule has 0 atom stereocenters. The number of hydrogen-bond acceptors (Lipinski definition) is 2. The lowest BCUT2D eigenvalue weighted by molar-refractivity contribution is -0.170. The summed E-state index contributed by atoms with van der Waals surface area (Å²) in [4.78, 5) is 22.8. The van der Waals surface area contributed by atoms with Crippen LogP contribution in [0.3, 0.4) is 0 Å². The summed E-state index contributed by atoms with van der Waals surface area (Å²) < 4.78 is 36.8. The molecule has 144 valence electrons. The van der Waals surface area contributed by atoms with Crippen LogP contribution in [0.4, 0.5) is 13.2 Å². The van der Waals surface area contributed by atoms with Crippen LogP contribution in [0.1, 0.15) is 54.9 Å². The number of halogens is 3. The Hall–Kier alpha value is -2.43. The topological polar surface area (TPSA) is 34.1 Å². The van der Waals surface area contributed by atoms with Crippen molar-refractivity contribution in [3.63, 3.8) is 0 Å². The molecule has 0 fully saturated rings. The van der Waals surface area contributed by atoms with Crippen LogP contribution in [0.2, 0.25) is 0 Å². The van der Waals surface area contributed by atoms with E-state index in [4.69, 9.17) is 0 Å². The van der Waals surface area contributed by atoms with Gasteiger partial charge in [-0.3, -0.25) is 9.59 Å². The number of alkyl halides is 3. The normalized spacial score (nSPS) is 11.4. The predicted molar refractivity (Wildman–Crippen MR) is 99.7 cm³/mol. The number of carbonyl (C=O) groups excluding carboxylic acids is 2. The summed E-state index contributed by atoms with van der Waals surface area (Å²) in [6.45, 7) is 2.18. The summed E-state index contributed by atoms with van der Waals surface area (Å²) in [6, 6.07) is 14.4. The van der Waals surface area contributed by atoms with E-state index < -0.39 is 24.2 Å². The molecule has 2 nitrogen and oxygen atoms in total. The first-order chi connectivity index (χ1) is 12.8. The highest BCUT2D eigenvalue weighted by molar-refractivity contribution is 6.09. The molecule has 0 bridgehead atoms. The van der Waals surface area contributed by atoms with Crippen molar-refractivity contribution in [2.45, 2.75) is 51.6 Å². The highest BCUT2D eigenvalue weighted by atomic mass is 19.4. The maximum atomic E-state index is 12.3. The summed E-state index contributed by atoms with van der Waals surface area (Å²) in [7, 11) is 0. The number of hydrogen-bond donors (Lipinski definition) is 0. The van der Waals surface area contributed by atoms with Gasteiger partial charge in [0, 0.05) is 5.56 Å². The van der Waals surface area contributed by atoms with Gasteiger partial charge in [0.15, 0.2) is 5.78 Å². The van der Waals surface area contributed by atoms with Crippen LogP contribution in [0.5, 0.6) is 0 Å². The van der Waals surface area contributed by atoms with E-state index in [0.717, 1.165) is 17.5 Å². The SMILES string of the molecule is CCCCCCc1ccc(-c2ccc(C(=O)CC(=O)C(F)(F)F)cc2)cc1. The third-order valence-electron chi connectivity index (χ3n) is 4.45. The standard InChI is InChI=1S/C22H23F3O2/c1-2-3-4-5-6-16-7-9-17(10-8-16)18-11-13-19(14-12-18)20(26)15-21(27)22(23,24)25/h7-14H,2-6,15H2,1H3. The molecule has 0 aliphatic heterocycles. The van der Waals surface area contributed by atoms with Crippen LogP contribution in [0, 0.1) is 0 Å². The van der Waals surface area contributed by atoms with Crippen LogP contribution in [-0.2, 0) is 11.2 Å². The second kappa shape index (κ2) is 9.49. The van der Waals surface area contributed by atoms with Gasteiger partial charge in [0.1, 0.15) is 0 Å². The van der Waals surface area contributed by atoms with Gasteiger partial charge < -0.3 is 0 Å². The number of benzene rings is 2. The highest BCUT2D eigenvalue weighted by Crippen LogP contribution is 2.23. The monoisotopic (exact) mass is 376 g/mol. The van der Waals surface area contributed by atoms with Crippen LogP contribution < -0.4 is 0 Å². The Kier molecular flexibility index (Phi) is 7.34. The van der Waals surface area contributed by atoms with Crippen LogP contribution in [-0.4, -0.2) is 17.7 Å². The molecule has 0 heterocycles. The number of aryl methyl sites for hydroxylation is 1. The van der Waals surface area contributed by atoms with Gasteiger partial charge in [-0.15, -0.1) is 0 Å². The molecule has 0 unspecified atom stereocenters. The van der Waals surface area contributed by atoms with Crippen LogP contribution >= 0.6 is 0 Å². The minimum absolute atomic E-state index is 0.101. The summed E-state index contributed by atoms with van der Waals surface area (Å²) in [5, 5.41) is 0. The summed E-state index contributed by atoms with van der Waals surface area (Å²) in [5.41, 5.74) is 3.21. The molecule has 0 aliphatic carbocycles. The first-order valence-corrected chi connectivity index (χ1v) is 9.14. The zero-order chi connectivity index (χ0) is 19.9. The van der Waals surface area contributed by atoms with Gasteiger partial charge >= 0.3 is 6.18 Å². The number of carbonyl (C=O) groups is 2. The number of ketones is 2. The molecule has 0 aliphatic rings. The van der Waals surface area contributed by atoms with Crippen molar-refractivity contribution in [3.05, 3.63) is 59.7 Å². The molecule has 0 spiro atoms. The first kappa shape index (κ1) is 20.9. The lowest BCUT2D eigenvalue weighted by Crippen LogP contribution is -2.25. The molecule has 0 radical (unpaired) electrons. The minimum Gasteiger partial charge on any atom is -0.294 e. The second-order valence-corrected chi connectivity index (χ2v) is 6.61. The first-order valence-electron chi connectivity index (χ1n) is 9.14. The molecule has 0 aromatic heterocycles. The van der Waals surface area contributed by atoms with E-state index in [1.54, 1.807) is 12.1 Å². The Morgan fingerprint density at radius 1 is 0.815 bits per heavy atom. The van der Waals surface area contributed by atoms with Crippen molar-refractivity contribution in [1.82, 2.24) is 0 Å². The quantitative estimate of drug-likeness (QED) is 0.297. The van der Waals surface area contributed by atoms with E-state index in [9.17, 15) is 22.8 Å². The van der Waals surface area contributed by atoms with Crippen LogP contribution in [0.25, 0.3) is 11.1 Å². The Bertz CT molecular complexity index is 760. The summed E-state index contributed by atoms with van der Waals surface area (Å²) in [6.07, 6.45) is -0.241. The maximum Gasteiger partial charge on any atom is 0.450 e. The maximum absolute atomic E-state index is 12.3. The van der Waals surface area contributed by atoms with E-state index in [2.05, 4.69) is 19.1 Å². The van der Waals surface area contributed by atoms with Crippen molar-refractivity contribution in [3.8, 4) is 11.1 Å².